The van der Waals surface area contributed by atoms with E-state index in [1.54, 1.807) is 26.0 Å². The monoisotopic (exact) mass is 885 g/mol. The Morgan fingerprint density at radius 2 is 1.13 bits per heavy atom. The summed E-state index contributed by atoms with van der Waals surface area (Å²) in [7, 11) is 1.66. The molecular formula is C48H56BrN9O3. The number of ether oxygens (including phenoxy) is 3. The third-order valence-electron chi connectivity index (χ3n) is 13.8. The molecule has 4 fully saturated rings. The summed E-state index contributed by atoms with van der Waals surface area (Å²) in [6.45, 7) is 7.85. The Hall–Kier alpha value is -4.53. The Balaban J connectivity index is 0.000000150. The van der Waals surface area contributed by atoms with Crippen LogP contribution in [0.5, 0.6) is 5.88 Å². The van der Waals surface area contributed by atoms with Crippen molar-refractivity contribution in [3.63, 3.8) is 0 Å². The van der Waals surface area contributed by atoms with Crippen molar-refractivity contribution in [3.8, 4) is 39.3 Å². The van der Waals surface area contributed by atoms with E-state index in [4.69, 9.17) is 19.2 Å². The van der Waals surface area contributed by atoms with Crippen LogP contribution in [-0.4, -0.2) is 119 Å². The second kappa shape index (κ2) is 18.4. The Labute approximate surface area is 367 Å². The molecule has 61 heavy (non-hydrogen) atoms. The van der Waals surface area contributed by atoms with E-state index in [9.17, 15) is 0 Å². The van der Waals surface area contributed by atoms with Gasteiger partial charge in [0.1, 0.15) is 24.3 Å². The Bertz CT molecular complexity index is 2320. The van der Waals surface area contributed by atoms with Crippen LogP contribution in [0.1, 0.15) is 73.9 Å². The highest BCUT2D eigenvalue weighted by molar-refractivity contribution is 9.10. The molecule has 5 heterocycles. The molecular weight excluding hydrogens is 830 g/mol. The van der Waals surface area contributed by atoms with Crippen molar-refractivity contribution in [2.75, 3.05) is 70.3 Å². The molecule has 12 nitrogen and oxygen atoms in total. The van der Waals surface area contributed by atoms with Gasteiger partial charge in [0, 0.05) is 90.5 Å². The maximum absolute atomic E-state index is 5.53. The molecule has 5 aromatic rings. The molecule has 318 valence electrons. The predicted octanol–water partition coefficient (Wildman–Crippen LogP) is 8.04. The Morgan fingerprint density at radius 1 is 0.607 bits per heavy atom. The third kappa shape index (κ3) is 8.77. The van der Waals surface area contributed by atoms with Gasteiger partial charge in [-0.1, -0.05) is 34.1 Å². The summed E-state index contributed by atoms with van der Waals surface area (Å²) in [6, 6.07) is 19.5. The Kier molecular flexibility index (Phi) is 12.3. The van der Waals surface area contributed by atoms with Gasteiger partial charge in [0.05, 0.1) is 44.9 Å². The molecule has 0 bridgehead atoms. The van der Waals surface area contributed by atoms with E-state index in [1.165, 1.54) is 79.2 Å². The minimum atomic E-state index is 0.446. The van der Waals surface area contributed by atoms with Gasteiger partial charge in [-0.05, 0) is 110 Å². The molecule has 3 aromatic heterocycles. The predicted molar refractivity (Wildman–Crippen MR) is 242 cm³/mol. The fourth-order valence-electron chi connectivity index (χ4n) is 10.5. The number of methoxy groups -OCH3 is 1. The normalized spacial score (nSPS) is 23.4. The molecule has 0 amide bonds. The molecule has 6 aliphatic rings. The molecule has 13 heteroatoms. The van der Waals surface area contributed by atoms with Crippen molar-refractivity contribution in [1.82, 2.24) is 34.7 Å². The maximum atomic E-state index is 5.53. The summed E-state index contributed by atoms with van der Waals surface area (Å²) in [5.41, 5.74) is 11.8. The molecule has 4 aliphatic carbocycles. The highest BCUT2D eigenvalue weighted by Crippen LogP contribution is 2.44. The van der Waals surface area contributed by atoms with Gasteiger partial charge in [-0.2, -0.15) is 0 Å². The number of nitrogens with one attached hydrogen (secondary N) is 2. The average molecular weight is 887 g/mol. The van der Waals surface area contributed by atoms with Gasteiger partial charge in [-0.25, -0.2) is 24.9 Å². The molecule has 2 N–H and O–H groups in total. The molecule has 0 atom stereocenters. The molecule has 2 saturated carbocycles. The van der Waals surface area contributed by atoms with Gasteiger partial charge < -0.3 is 24.8 Å². The topological polar surface area (TPSA) is 123 Å². The van der Waals surface area contributed by atoms with Crippen LogP contribution < -0.4 is 15.4 Å². The van der Waals surface area contributed by atoms with E-state index in [-0.39, 0.29) is 0 Å². The number of pyridine rings is 1. The lowest BCUT2D eigenvalue weighted by Crippen LogP contribution is -2.46. The summed E-state index contributed by atoms with van der Waals surface area (Å²) in [6.07, 6.45) is 16.6. The first-order valence-electron chi connectivity index (χ1n) is 22.3. The van der Waals surface area contributed by atoms with Gasteiger partial charge >= 0.3 is 0 Å². The van der Waals surface area contributed by atoms with Crippen LogP contribution in [-0.2, 0) is 22.3 Å². The minimum Gasteiger partial charge on any atom is -0.481 e. The maximum Gasteiger partial charge on any atom is 0.221 e. The molecule has 2 saturated heterocycles. The first-order chi connectivity index (χ1) is 30.1. The first-order valence-corrected chi connectivity index (χ1v) is 23.1. The zero-order chi connectivity index (χ0) is 41.1. The number of nitrogens with zero attached hydrogens (tertiary/aromatic N) is 7. The second-order valence-corrected chi connectivity index (χ2v) is 18.2. The molecule has 11 rings (SSSR count). The number of benzene rings is 2. The van der Waals surface area contributed by atoms with Crippen LogP contribution in [0.15, 0.2) is 71.9 Å². The first kappa shape index (κ1) is 40.5. The summed E-state index contributed by atoms with van der Waals surface area (Å²) in [5, 5.41) is 7.55. The van der Waals surface area contributed by atoms with Crippen molar-refractivity contribution in [2.24, 2.45) is 0 Å². The van der Waals surface area contributed by atoms with Crippen molar-refractivity contribution in [1.29, 1.82) is 0 Å². The minimum absolute atomic E-state index is 0.446. The van der Waals surface area contributed by atoms with Crippen LogP contribution in [0.2, 0.25) is 0 Å². The quantitative estimate of drug-likeness (QED) is 0.154. The Morgan fingerprint density at radius 3 is 1.67 bits per heavy atom. The average Bonchev–Trinajstić information content (AvgIpc) is 3.89. The molecule has 0 spiro atoms. The molecule has 0 unspecified atom stereocenters. The van der Waals surface area contributed by atoms with Crippen LogP contribution in [0.3, 0.4) is 0 Å². The summed E-state index contributed by atoms with van der Waals surface area (Å²) >= 11 is 3.61. The van der Waals surface area contributed by atoms with E-state index in [0.717, 1.165) is 116 Å². The van der Waals surface area contributed by atoms with Crippen LogP contribution in [0, 0.1) is 0 Å². The van der Waals surface area contributed by atoms with Crippen molar-refractivity contribution < 1.29 is 14.2 Å². The fourth-order valence-corrected chi connectivity index (χ4v) is 10.9. The lowest BCUT2D eigenvalue weighted by atomic mass is 9.89. The number of anilines is 2. The largest absolute Gasteiger partial charge is 0.481 e. The van der Waals surface area contributed by atoms with E-state index in [0.29, 0.717) is 24.0 Å². The van der Waals surface area contributed by atoms with Crippen LogP contribution >= 0.6 is 15.9 Å². The van der Waals surface area contributed by atoms with E-state index < -0.39 is 0 Å². The van der Waals surface area contributed by atoms with Crippen molar-refractivity contribution >= 4 is 27.6 Å². The fraction of sp³-hybridized carbons (Fsp3) is 0.479. The second-order valence-electron chi connectivity index (χ2n) is 17.3. The SMILES string of the molecule is Brc1ccc2c(c1)-c1c(ncnc1NC1CCC(N3CCOCC3)CC1)C2.COc1ncccc1-c1ccc2c(c1)-c1c(ncnc1NC1CCC(N3CCOCC3)CC1)C2. The smallest absolute Gasteiger partial charge is 0.221 e. The van der Waals surface area contributed by atoms with Crippen molar-refractivity contribution in [3.05, 3.63) is 94.4 Å². The number of halogens is 1. The molecule has 0 radical (unpaired) electrons. The van der Waals surface area contributed by atoms with Crippen LogP contribution in [0.25, 0.3) is 33.4 Å². The molecule has 2 aliphatic heterocycles. The van der Waals surface area contributed by atoms with Crippen molar-refractivity contribution in [2.45, 2.75) is 88.4 Å². The molecule has 2 aromatic carbocycles. The zero-order valence-corrected chi connectivity index (χ0v) is 36.7. The summed E-state index contributed by atoms with van der Waals surface area (Å²) < 4.78 is 17.6. The van der Waals surface area contributed by atoms with Crippen LogP contribution in [0.4, 0.5) is 11.6 Å². The summed E-state index contributed by atoms with van der Waals surface area (Å²) in [5.74, 6) is 2.61. The number of hydrogen-bond acceptors (Lipinski definition) is 12. The van der Waals surface area contributed by atoms with Gasteiger partial charge in [0.25, 0.3) is 0 Å². The summed E-state index contributed by atoms with van der Waals surface area (Å²) in [4.78, 5) is 28.1. The van der Waals surface area contributed by atoms with Gasteiger partial charge in [0.15, 0.2) is 0 Å². The number of aromatic nitrogens is 5. The lowest BCUT2D eigenvalue weighted by molar-refractivity contribution is 0.00788. The number of rotatable bonds is 8. The van der Waals surface area contributed by atoms with E-state index >= 15 is 0 Å². The van der Waals surface area contributed by atoms with Gasteiger partial charge in [-0.3, -0.25) is 9.80 Å². The number of hydrogen-bond donors (Lipinski definition) is 2. The number of fused-ring (bicyclic) bond motifs is 6. The highest BCUT2D eigenvalue weighted by Gasteiger charge is 2.32. The zero-order valence-electron chi connectivity index (χ0n) is 35.1. The number of morpholine rings is 2. The van der Waals surface area contributed by atoms with E-state index in [2.05, 4.69) is 98.8 Å². The third-order valence-corrected chi connectivity index (χ3v) is 14.3. The van der Waals surface area contributed by atoms with Gasteiger partial charge in [0.2, 0.25) is 5.88 Å². The lowest BCUT2D eigenvalue weighted by Gasteiger charge is -2.39. The standard InChI is InChI=1S/C27H31N5O2.C21H25BrN4O/c1-33-27-22(3-2-10-28-27)18-4-5-19-16-24-25(23(19)15-18)26(30-17-29-24)31-20-6-8-21(9-7-20)32-11-13-34-14-12-32;22-15-2-1-14-11-19-20(18(14)12-15)21(24-13-23-19)25-16-3-5-17(6-4-16)26-7-9-27-10-8-26/h2-5,10,15,17,20-21H,6-9,11-14,16H2,1H3,(H,29,30,31);1-2,12-13,16-17H,3-11H2,(H,23,24,25). The highest BCUT2D eigenvalue weighted by atomic mass is 79.9. The van der Waals surface area contributed by atoms with E-state index in [1.807, 2.05) is 6.07 Å². The van der Waals surface area contributed by atoms with Gasteiger partial charge in [-0.15, -0.1) is 0 Å².